The molecule has 2 aliphatic rings. The van der Waals surface area contributed by atoms with Gasteiger partial charge in [0, 0.05) is 43.7 Å². The molecule has 0 bridgehead atoms. The number of piperazine rings is 1. The molecule has 1 fully saturated rings. The lowest BCUT2D eigenvalue weighted by Gasteiger charge is -2.29. The minimum absolute atomic E-state index is 0.0192. The molecule has 0 atom stereocenters. The molecule has 0 radical (unpaired) electrons. The van der Waals surface area contributed by atoms with Crippen LogP contribution in [-0.2, 0) is 12.0 Å². The molecule has 5 heterocycles. The lowest BCUT2D eigenvalue weighted by atomic mass is 10.0. The molecule has 0 amide bonds. The minimum Gasteiger partial charge on any atom is -0.368 e. The molecule has 1 aromatic carbocycles. The van der Waals surface area contributed by atoms with E-state index in [-0.39, 0.29) is 11.2 Å². The Morgan fingerprint density at radius 3 is 2.66 bits per heavy atom. The van der Waals surface area contributed by atoms with Crippen molar-refractivity contribution in [1.82, 2.24) is 29.8 Å². The maximum Gasteiger partial charge on any atom is 0.229 e. The van der Waals surface area contributed by atoms with Crippen molar-refractivity contribution in [3.8, 4) is 11.3 Å². The van der Waals surface area contributed by atoms with E-state index in [1.165, 1.54) is 6.20 Å². The molecule has 0 unspecified atom stereocenters. The van der Waals surface area contributed by atoms with E-state index in [1.54, 1.807) is 0 Å². The van der Waals surface area contributed by atoms with E-state index in [0.717, 1.165) is 67.1 Å². The third kappa shape index (κ3) is 3.89. The molecule has 0 aliphatic carbocycles. The second-order valence-corrected chi connectivity index (χ2v) is 9.99. The van der Waals surface area contributed by atoms with Gasteiger partial charge in [0.15, 0.2) is 5.82 Å². The second-order valence-electron chi connectivity index (χ2n) is 9.99. The maximum atomic E-state index is 14.9. The van der Waals surface area contributed by atoms with E-state index in [1.807, 2.05) is 37.4 Å². The van der Waals surface area contributed by atoms with Gasteiger partial charge >= 0.3 is 0 Å². The van der Waals surface area contributed by atoms with E-state index >= 15 is 0 Å². The van der Waals surface area contributed by atoms with Crippen molar-refractivity contribution in [3.05, 3.63) is 53.9 Å². The standard InChI is InChI=1S/C26H29FN8/c1-16-12-17(13-20-23(16)32-22-6-7-26(2,3)35(20)22)24-19(27)15-30-25(33-24)31-21-5-4-18(14-29-21)34-10-8-28-9-11-34/h4-5,12-15,28H,6-11H2,1-3H3,(H,29,30,31,33). The summed E-state index contributed by atoms with van der Waals surface area (Å²) in [5, 5.41) is 6.48. The first-order valence-corrected chi connectivity index (χ1v) is 12.1. The van der Waals surface area contributed by atoms with Crippen LogP contribution in [0, 0.1) is 12.7 Å². The number of nitrogens with zero attached hydrogens (tertiary/aromatic N) is 6. The molecular formula is C26H29FN8. The van der Waals surface area contributed by atoms with Crippen molar-refractivity contribution < 1.29 is 4.39 Å². The fraction of sp³-hybridized carbons (Fsp3) is 0.385. The van der Waals surface area contributed by atoms with Crippen LogP contribution in [0.3, 0.4) is 0 Å². The number of fused-ring (bicyclic) bond motifs is 3. The fourth-order valence-corrected chi connectivity index (χ4v) is 5.22. The van der Waals surface area contributed by atoms with Crippen LogP contribution >= 0.6 is 0 Å². The quantitative estimate of drug-likeness (QED) is 0.461. The number of anilines is 3. The molecule has 6 rings (SSSR count). The number of hydrogen-bond acceptors (Lipinski definition) is 7. The van der Waals surface area contributed by atoms with Crippen LogP contribution in [0.5, 0.6) is 0 Å². The van der Waals surface area contributed by atoms with Crippen molar-refractivity contribution in [1.29, 1.82) is 0 Å². The van der Waals surface area contributed by atoms with E-state index in [4.69, 9.17) is 4.98 Å². The Kier molecular flexibility index (Phi) is 5.17. The summed E-state index contributed by atoms with van der Waals surface area (Å²) in [6.45, 7) is 10.3. The molecule has 0 spiro atoms. The average Bonchev–Trinajstić information content (AvgIpc) is 3.39. The molecule has 8 nitrogen and oxygen atoms in total. The van der Waals surface area contributed by atoms with E-state index < -0.39 is 5.82 Å². The van der Waals surface area contributed by atoms with Crippen LogP contribution in [0.1, 0.15) is 31.7 Å². The first-order chi connectivity index (χ1) is 16.9. The highest BCUT2D eigenvalue weighted by atomic mass is 19.1. The molecule has 4 aromatic rings. The minimum atomic E-state index is -0.461. The van der Waals surface area contributed by atoms with Crippen molar-refractivity contribution in [2.75, 3.05) is 36.4 Å². The van der Waals surface area contributed by atoms with Crippen molar-refractivity contribution in [3.63, 3.8) is 0 Å². The summed E-state index contributed by atoms with van der Waals surface area (Å²) in [6.07, 6.45) is 5.05. The molecule has 3 aromatic heterocycles. The van der Waals surface area contributed by atoms with E-state index in [0.29, 0.717) is 17.3 Å². The first-order valence-electron chi connectivity index (χ1n) is 12.1. The Hall–Kier alpha value is -3.59. The highest BCUT2D eigenvalue weighted by Crippen LogP contribution is 2.38. The van der Waals surface area contributed by atoms with Crippen LogP contribution in [-0.4, -0.2) is 50.7 Å². The van der Waals surface area contributed by atoms with Crippen molar-refractivity contribution in [2.45, 2.75) is 39.2 Å². The molecule has 2 N–H and O–H groups in total. The zero-order chi connectivity index (χ0) is 24.2. The second kappa shape index (κ2) is 8.27. The summed E-state index contributed by atoms with van der Waals surface area (Å²) in [7, 11) is 0. The fourth-order valence-electron chi connectivity index (χ4n) is 5.22. The normalized spacial score (nSPS) is 17.1. The van der Waals surface area contributed by atoms with Crippen molar-refractivity contribution >= 4 is 28.5 Å². The Morgan fingerprint density at radius 1 is 1.06 bits per heavy atom. The van der Waals surface area contributed by atoms with Gasteiger partial charge in [-0.05, 0) is 57.0 Å². The summed E-state index contributed by atoms with van der Waals surface area (Å²) < 4.78 is 17.2. The number of pyridine rings is 1. The van der Waals surface area contributed by atoms with Gasteiger partial charge in [-0.1, -0.05) is 0 Å². The highest BCUT2D eigenvalue weighted by molar-refractivity contribution is 5.86. The van der Waals surface area contributed by atoms with Crippen LogP contribution in [0.4, 0.5) is 21.8 Å². The van der Waals surface area contributed by atoms with Crippen LogP contribution in [0.25, 0.3) is 22.3 Å². The number of aryl methyl sites for hydroxylation is 2. The van der Waals surface area contributed by atoms with Gasteiger partial charge in [0.1, 0.15) is 17.3 Å². The number of imidazole rings is 1. The SMILES string of the molecule is Cc1cc(-c2nc(Nc3ccc(N4CCNCC4)cn3)ncc2F)cc2c1nc1n2C(C)(C)CC1. The van der Waals surface area contributed by atoms with E-state index in [2.05, 4.69) is 48.9 Å². The summed E-state index contributed by atoms with van der Waals surface area (Å²) in [5.41, 5.74) is 5.04. The largest absolute Gasteiger partial charge is 0.368 e. The number of halogens is 1. The third-order valence-electron chi connectivity index (χ3n) is 7.07. The van der Waals surface area contributed by atoms with Gasteiger partial charge in [0.25, 0.3) is 0 Å². The van der Waals surface area contributed by atoms with Gasteiger partial charge in [-0.2, -0.15) is 0 Å². The van der Waals surface area contributed by atoms with Crippen molar-refractivity contribution in [2.24, 2.45) is 0 Å². The molecular weight excluding hydrogens is 443 g/mol. The summed E-state index contributed by atoms with van der Waals surface area (Å²) in [4.78, 5) is 20.4. The Labute approximate surface area is 203 Å². The maximum absolute atomic E-state index is 14.9. The van der Waals surface area contributed by atoms with Gasteiger partial charge in [-0.25, -0.2) is 24.3 Å². The predicted octanol–water partition coefficient (Wildman–Crippen LogP) is 4.17. The van der Waals surface area contributed by atoms with Gasteiger partial charge in [0.2, 0.25) is 5.95 Å². The number of hydrogen-bond donors (Lipinski definition) is 2. The summed E-state index contributed by atoms with van der Waals surface area (Å²) >= 11 is 0. The Balaban J connectivity index is 1.32. The van der Waals surface area contributed by atoms with Gasteiger partial charge in [0.05, 0.1) is 29.1 Å². The number of benzene rings is 1. The zero-order valence-corrected chi connectivity index (χ0v) is 20.3. The van der Waals surface area contributed by atoms with Crippen LogP contribution in [0.2, 0.25) is 0 Å². The molecule has 35 heavy (non-hydrogen) atoms. The summed E-state index contributed by atoms with van der Waals surface area (Å²) in [5.74, 6) is 1.55. The van der Waals surface area contributed by atoms with E-state index in [9.17, 15) is 4.39 Å². The molecule has 2 aliphatic heterocycles. The van der Waals surface area contributed by atoms with Crippen LogP contribution < -0.4 is 15.5 Å². The monoisotopic (exact) mass is 472 g/mol. The predicted molar refractivity (Wildman–Crippen MR) is 136 cm³/mol. The number of aromatic nitrogens is 5. The lowest BCUT2D eigenvalue weighted by molar-refractivity contribution is 0.386. The highest BCUT2D eigenvalue weighted by Gasteiger charge is 2.32. The number of rotatable bonds is 4. The smallest absolute Gasteiger partial charge is 0.229 e. The van der Waals surface area contributed by atoms with Gasteiger partial charge in [-0.3, -0.25) is 0 Å². The lowest BCUT2D eigenvalue weighted by Crippen LogP contribution is -2.43. The third-order valence-corrected chi connectivity index (χ3v) is 7.07. The topological polar surface area (TPSA) is 83.8 Å². The van der Waals surface area contributed by atoms with Gasteiger partial charge in [-0.15, -0.1) is 0 Å². The first kappa shape index (κ1) is 21.9. The molecule has 180 valence electrons. The zero-order valence-electron chi connectivity index (χ0n) is 20.3. The van der Waals surface area contributed by atoms with Gasteiger partial charge < -0.3 is 20.1 Å². The Bertz CT molecular complexity index is 1400. The Morgan fingerprint density at radius 2 is 1.89 bits per heavy atom. The van der Waals surface area contributed by atoms with Crippen LogP contribution in [0.15, 0.2) is 36.7 Å². The summed E-state index contributed by atoms with van der Waals surface area (Å²) in [6, 6.07) is 7.89. The average molecular weight is 473 g/mol. The molecule has 1 saturated heterocycles. The molecule has 9 heteroatoms. The number of nitrogens with one attached hydrogen (secondary N) is 2. The molecule has 0 saturated carbocycles.